The van der Waals surface area contributed by atoms with Crippen LogP contribution in [0.5, 0.6) is 0 Å². The fraction of sp³-hybridized carbons (Fsp3) is 0.688. The number of esters is 1. The third-order valence-electron chi connectivity index (χ3n) is 3.53. The number of rotatable bonds is 10. The van der Waals surface area contributed by atoms with E-state index in [1.54, 1.807) is 0 Å². The Labute approximate surface area is 136 Å². The van der Waals surface area contributed by atoms with E-state index in [-0.39, 0.29) is 12.5 Å². The van der Waals surface area contributed by atoms with Gasteiger partial charge in [0.15, 0.2) is 0 Å². The van der Waals surface area contributed by atoms with E-state index in [2.05, 4.69) is 11.7 Å². The molecule has 22 heavy (non-hydrogen) atoms. The molecule has 0 spiro atoms. The van der Waals surface area contributed by atoms with E-state index < -0.39 is 11.2 Å². The number of amides is 2. The number of imide groups is 1. The molecule has 1 fully saturated rings. The number of carbonyl (C=O) groups excluding carboxylic acids is 3. The fourth-order valence-electron chi connectivity index (χ4n) is 2.20. The standard InChI is InChI=1S/C16H25NO4S/c1-3-4-5-6-7-8-9-10-11-13-15(19)17(16(20)22-13)12-14(18)21-2/h11H,3-10,12H2,1-2H3/b13-11-. The Bertz CT molecular complexity index is 434. The molecule has 1 aliphatic heterocycles. The average Bonchev–Trinajstić information content (AvgIpc) is 2.77. The first-order valence-electron chi connectivity index (χ1n) is 7.90. The highest BCUT2D eigenvalue weighted by Crippen LogP contribution is 2.31. The first-order chi connectivity index (χ1) is 10.6. The second-order valence-corrected chi connectivity index (χ2v) is 6.31. The fourth-order valence-corrected chi connectivity index (χ4v) is 3.05. The molecule has 0 aliphatic carbocycles. The van der Waals surface area contributed by atoms with Crippen LogP contribution in [0.4, 0.5) is 4.79 Å². The number of methoxy groups -OCH3 is 1. The second-order valence-electron chi connectivity index (χ2n) is 5.31. The van der Waals surface area contributed by atoms with E-state index in [0.717, 1.165) is 35.9 Å². The normalized spacial score (nSPS) is 16.6. The lowest BCUT2D eigenvalue weighted by Gasteiger charge is -2.09. The number of hydrogen-bond acceptors (Lipinski definition) is 5. The Morgan fingerprint density at radius 2 is 1.77 bits per heavy atom. The lowest BCUT2D eigenvalue weighted by atomic mass is 10.1. The average molecular weight is 327 g/mol. The van der Waals surface area contributed by atoms with Gasteiger partial charge >= 0.3 is 5.97 Å². The lowest BCUT2D eigenvalue weighted by Crippen LogP contribution is -2.34. The van der Waals surface area contributed by atoms with Gasteiger partial charge in [-0.05, 0) is 24.6 Å². The zero-order valence-corrected chi connectivity index (χ0v) is 14.2. The maximum absolute atomic E-state index is 12.0. The predicted octanol–water partition coefficient (Wildman–Crippen LogP) is 3.88. The molecular weight excluding hydrogens is 302 g/mol. The lowest BCUT2D eigenvalue weighted by molar-refractivity contribution is -0.143. The first-order valence-corrected chi connectivity index (χ1v) is 8.72. The van der Waals surface area contributed by atoms with Crippen molar-refractivity contribution in [3.63, 3.8) is 0 Å². The van der Waals surface area contributed by atoms with Crippen LogP contribution in [0.2, 0.25) is 0 Å². The van der Waals surface area contributed by atoms with Gasteiger partial charge in [0.1, 0.15) is 6.54 Å². The van der Waals surface area contributed by atoms with Crippen molar-refractivity contribution in [3.8, 4) is 0 Å². The van der Waals surface area contributed by atoms with Crippen molar-refractivity contribution in [2.24, 2.45) is 0 Å². The SMILES string of the molecule is CCCCCCCCC/C=C1\SC(=O)N(CC(=O)OC)C1=O. The van der Waals surface area contributed by atoms with Crippen LogP contribution in [-0.2, 0) is 14.3 Å². The van der Waals surface area contributed by atoms with E-state index in [9.17, 15) is 14.4 Å². The molecule has 1 aliphatic rings. The van der Waals surface area contributed by atoms with E-state index in [1.165, 1.54) is 39.2 Å². The summed E-state index contributed by atoms with van der Waals surface area (Å²) in [4.78, 5) is 36.3. The van der Waals surface area contributed by atoms with Crippen LogP contribution in [-0.4, -0.2) is 35.7 Å². The minimum Gasteiger partial charge on any atom is -0.468 e. The molecule has 0 aromatic carbocycles. The van der Waals surface area contributed by atoms with Crippen molar-refractivity contribution in [2.45, 2.75) is 58.3 Å². The molecule has 5 nitrogen and oxygen atoms in total. The minimum absolute atomic E-state index is 0.310. The van der Waals surface area contributed by atoms with Crippen molar-refractivity contribution in [2.75, 3.05) is 13.7 Å². The largest absolute Gasteiger partial charge is 0.468 e. The molecule has 0 saturated carbocycles. The summed E-state index contributed by atoms with van der Waals surface area (Å²) in [5, 5.41) is -0.402. The summed E-state index contributed by atoms with van der Waals surface area (Å²) in [5.41, 5.74) is 0. The van der Waals surface area contributed by atoms with Crippen LogP contribution in [0.3, 0.4) is 0 Å². The molecule has 0 N–H and O–H groups in total. The van der Waals surface area contributed by atoms with Gasteiger partial charge < -0.3 is 4.74 Å². The predicted molar refractivity (Wildman–Crippen MR) is 87.4 cm³/mol. The Balaban J connectivity index is 2.29. The number of ether oxygens (including phenoxy) is 1. The van der Waals surface area contributed by atoms with Gasteiger partial charge in [0.2, 0.25) is 0 Å². The van der Waals surface area contributed by atoms with Crippen LogP contribution in [0.25, 0.3) is 0 Å². The number of thioether (sulfide) groups is 1. The topological polar surface area (TPSA) is 63.7 Å². The Morgan fingerprint density at radius 1 is 1.14 bits per heavy atom. The number of hydrogen-bond donors (Lipinski definition) is 0. The Morgan fingerprint density at radius 3 is 2.41 bits per heavy atom. The van der Waals surface area contributed by atoms with Crippen LogP contribution in [0.1, 0.15) is 58.3 Å². The quantitative estimate of drug-likeness (QED) is 0.346. The van der Waals surface area contributed by atoms with Gasteiger partial charge in [-0.1, -0.05) is 51.5 Å². The smallest absolute Gasteiger partial charge is 0.325 e. The van der Waals surface area contributed by atoms with E-state index >= 15 is 0 Å². The summed E-state index contributed by atoms with van der Waals surface area (Å²) in [7, 11) is 1.23. The van der Waals surface area contributed by atoms with Crippen LogP contribution in [0.15, 0.2) is 11.0 Å². The van der Waals surface area contributed by atoms with E-state index in [0.29, 0.717) is 4.91 Å². The highest BCUT2D eigenvalue weighted by Gasteiger charge is 2.36. The van der Waals surface area contributed by atoms with Gasteiger partial charge in [-0.15, -0.1) is 0 Å². The molecule has 1 saturated heterocycles. The molecule has 0 aromatic rings. The molecule has 0 bridgehead atoms. The highest BCUT2D eigenvalue weighted by atomic mass is 32.2. The second kappa shape index (κ2) is 10.4. The van der Waals surface area contributed by atoms with Crippen molar-refractivity contribution in [1.82, 2.24) is 4.90 Å². The van der Waals surface area contributed by atoms with Gasteiger partial charge in [-0.3, -0.25) is 19.3 Å². The zero-order valence-electron chi connectivity index (χ0n) is 13.4. The van der Waals surface area contributed by atoms with E-state index in [4.69, 9.17) is 0 Å². The van der Waals surface area contributed by atoms with Crippen molar-refractivity contribution < 1.29 is 19.1 Å². The molecule has 124 valence electrons. The molecule has 0 unspecified atom stereocenters. The summed E-state index contributed by atoms with van der Waals surface area (Å²) in [6.07, 6.45) is 11.1. The first kappa shape index (κ1) is 18.7. The molecule has 2 amide bonds. The Hall–Kier alpha value is -1.30. The third-order valence-corrected chi connectivity index (χ3v) is 4.48. The Kier molecular flexibility index (Phi) is 8.89. The molecular formula is C16H25NO4S. The van der Waals surface area contributed by atoms with Gasteiger partial charge in [-0.25, -0.2) is 0 Å². The number of carbonyl (C=O) groups is 3. The third kappa shape index (κ3) is 6.22. The van der Waals surface area contributed by atoms with Gasteiger partial charge in [0.25, 0.3) is 11.1 Å². The van der Waals surface area contributed by atoms with Gasteiger partial charge in [0.05, 0.1) is 12.0 Å². The number of allylic oxidation sites excluding steroid dienone is 1. The summed E-state index contributed by atoms with van der Waals surface area (Å²) in [6.45, 7) is 1.89. The minimum atomic E-state index is -0.587. The monoisotopic (exact) mass is 327 g/mol. The maximum atomic E-state index is 12.0. The molecule has 0 radical (unpaired) electrons. The number of nitrogens with zero attached hydrogens (tertiary/aromatic N) is 1. The zero-order chi connectivity index (χ0) is 16.4. The van der Waals surface area contributed by atoms with E-state index in [1.807, 2.05) is 6.08 Å². The van der Waals surface area contributed by atoms with Crippen LogP contribution >= 0.6 is 11.8 Å². The highest BCUT2D eigenvalue weighted by molar-refractivity contribution is 8.18. The number of unbranched alkanes of at least 4 members (excludes halogenated alkanes) is 7. The summed E-state index contributed by atoms with van der Waals surface area (Å²) < 4.78 is 4.48. The molecule has 1 rings (SSSR count). The summed E-state index contributed by atoms with van der Waals surface area (Å²) >= 11 is 0.900. The maximum Gasteiger partial charge on any atom is 0.325 e. The molecule has 0 atom stereocenters. The van der Waals surface area contributed by atoms with Crippen LogP contribution < -0.4 is 0 Å². The van der Waals surface area contributed by atoms with Crippen molar-refractivity contribution >= 4 is 28.9 Å². The van der Waals surface area contributed by atoms with Crippen molar-refractivity contribution in [1.29, 1.82) is 0 Å². The van der Waals surface area contributed by atoms with Crippen molar-refractivity contribution in [3.05, 3.63) is 11.0 Å². The van der Waals surface area contributed by atoms with Gasteiger partial charge in [-0.2, -0.15) is 0 Å². The molecule has 0 aromatic heterocycles. The summed E-state index contributed by atoms with van der Waals surface area (Å²) in [6, 6.07) is 0. The van der Waals surface area contributed by atoms with Gasteiger partial charge in [0, 0.05) is 0 Å². The molecule has 6 heteroatoms. The van der Waals surface area contributed by atoms with Crippen LogP contribution in [0, 0.1) is 0 Å². The summed E-state index contributed by atoms with van der Waals surface area (Å²) in [5.74, 6) is -0.973. The molecule has 1 heterocycles.